The Kier molecular flexibility index (Phi) is 4.89. The van der Waals surface area contributed by atoms with Gasteiger partial charge in [-0.15, -0.1) is 11.8 Å². The molecule has 3 heteroatoms. The van der Waals surface area contributed by atoms with Gasteiger partial charge >= 0.3 is 0 Å². The predicted molar refractivity (Wildman–Crippen MR) is 73.6 cm³/mol. The zero-order valence-electron chi connectivity index (χ0n) is 10.6. The molecule has 2 rings (SSSR count). The lowest BCUT2D eigenvalue weighted by Gasteiger charge is -2.13. The number of ether oxygens (including phenoxy) is 1. The minimum atomic E-state index is 0.415. The Labute approximate surface area is 108 Å². The predicted octanol–water partition coefficient (Wildman–Crippen LogP) is 3.24. The number of hydrogen-bond acceptors (Lipinski definition) is 3. The maximum atomic E-state index is 5.64. The van der Waals surface area contributed by atoms with E-state index in [0.29, 0.717) is 12.1 Å². The van der Waals surface area contributed by atoms with Crippen molar-refractivity contribution >= 4 is 11.8 Å². The molecule has 1 aromatic rings. The van der Waals surface area contributed by atoms with Crippen LogP contribution in [0, 0.1) is 0 Å². The van der Waals surface area contributed by atoms with E-state index in [1.807, 2.05) is 18.8 Å². The van der Waals surface area contributed by atoms with Gasteiger partial charge in [0.1, 0.15) is 0 Å². The fourth-order valence-corrected chi connectivity index (χ4v) is 3.04. The van der Waals surface area contributed by atoms with Gasteiger partial charge in [-0.1, -0.05) is 12.1 Å². The van der Waals surface area contributed by atoms with Gasteiger partial charge in [-0.25, -0.2) is 0 Å². The fraction of sp³-hybridized carbons (Fsp3) is 0.571. The summed E-state index contributed by atoms with van der Waals surface area (Å²) < 4.78 is 5.64. The summed E-state index contributed by atoms with van der Waals surface area (Å²) in [5.74, 6) is 1.08. The third-order valence-electron chi connectivity index (χ3n) is 3.25. The molecule has 1 aliphatic rings. The normalized spacial score (nSPS) is 21.6. The van der Waals surface area contributed by atoms with Crippen LogP contribution in [-0.2, 0) is 4.74 Å². The molecule has 0 aliphatic carbocycles. The Morgan fingerprint density at radius 3 is 3.12 bits per heavy atom. The van der Waals surface area contributed by atoms with E-state index in [9.17, 15) is 0 Å². The molecule has 2 atom stereocenters. The highest BCUT2D eigenvalue weighted by Crippen LogP contribution is 2.25. The van der Waals surface area contributed by atoms with E-state index in [1.165, 1.54) is 23.3 Å². The van der Waals surface area contributed by atoms with Crippen LogP contribution in [0.4, 0.5) is 0 Å². The molecular formula is C14H21NOS. The summed E-state index contributed by atoms with van der Waals surface area (Å²) in [6.07, 6.45) is 2.91. The summed E-state index contributed by atoms with van der Waals surface area (Å²) in [4.78, 5) is 1.35. The third kappa shape index (κ3) is 3.73. The molecule has 0 radical (unpaired) electrons. The molecule has 0 spiro atoms. The summed E-state index contributed by atoms with van der Waals surface area (Å²) in [5.41, 5.74) is 1.35. The zero-order valence-corrected chi connectivity index (χ0v) is 11.4. The van der Waals surface area contributed by atoms with E-state index < -0.39 is 0 Å². The standard InChI is InChI=1S/C14H21NOS/c1-11(15-2)12-5-3-7-14(9-12)17-10-13-6-4-8-16-13/h3,5,7,9,11,13,15H,4,6,8,10H2,1-2H3. The Bertz CT molecular complexity index is 350. The molecule has 0 saturated carbocycles. The quantitative estimate of drug-likeness (QED) is 0.812. The molecular weight excluding hydrogens is 230 g/mol. The van der Waals surface area contributed by atoms with Crippen LogP contribution in [0.2, 0.25) is 0 Å². The Hall–Kier alpha value is -0.510. The number of benzene rings is 1. The molecule has 1 fully saturated rings. The van der Waals surface area contributed by atoms with Crippen molar-refractivity contribution in [2.75, 3.05) is 19.4 Å². The van der Waals surface area contributed by atoms with Gasteiger partial charge in [0.2, 0.25) is 0 Å². The number of rotatable bonds is 5. The topological polar surface area (TPSA) is 21.3 Å². The molecule has 1 N–H and O–H groups in total. The second-order valence-electron chi connectivity index (χ2n) is 4.53. The van der Waals surface area contributed by atoms with E-state index in [2.05, 4.69) is 36.5 Å². The van der Waals surface area contributed by atoms with Crippen molar-refractivity contribution in [2.45, 2.75) is 36.8 Å². The zero-order chi connectivity index (χ0) is 12.1. The van der Waals surface area contributed by atoms with Gasteiger partial charge in [0, 0.05) is 23.3 Å². The first kappa shape index (κ1) is 12.9. The summed E-state index contributed by atoms with van der Waals surface area (Å²) >= 11 is 1.91. The third-order valence-corrected chi connectivity index (χ3v) is 4.38. The molecule has 1 heterocycles. The van der Waals surface area contributed by atoms with Crippen molar-refractivity contribution in [1.29, 1.82) is 0 Å². The average molecular weight is 251 g/mol. The van der Waals surface area contributed by atoms with Gasteiger partial charge in [-0.2, -0.15) is 0 Å². The highest BCUT2D eigenvalue weighted by Gasteiger charge is 2.15. The molecule has 1 aliphatic heterocycles. The number of nitrogens with one attached hydrogen (secondary N) is 1. The smallest absolute Gasteiger partial charge is 0.0669 e. The van der Waals surface area contributed by atoms with Crippen molar-refractivity contribution in [3.8, 4) is 0 Å². The van der Waals surface area contributed by atoms with Crippen molar-refractivity contribution in [3.05, 3.63) is 29.8 Å². The van der Waals surface area contributed by atoms with Gasteiger partial charge in [-0.05, 0) is 44.5 Å². The van der Waals surface area contributed by atoms with Gasteiger partial charge in [0.05, 0.1) is 6.10 Å². The first-order chi connectivity index (χ1) is 8.29. The summed E-state index contributed by atoms with van der Waals surface area (Å²) in [6, 6.07) is 9.20. The molecule has 0 bridgehead atoms. The van der Waals surface area contributed by atoms with Gasteiger partial charge < -0.3 is 10.1 Å². The van der Waals surface area contributed by atoms with Crippen LogP contribution >= 0.6 is 11.8 Å². The van der Waals surface area contributed by atoms with Crippen molar-refractivity contribution in [2.24, 2.45) is 0 Å². The summed E-state index contributed by atoms with van der Waals surface area (Å²) in [7, 11) is 2.00. The lowest BCUT2D eigenvalue weighted by atomic mass is 10.1. The van der Waals surface area contributed by atoms with Crippen molar-refractivity contribution in [1.82, 2.24) is 5.32 Å². The van der Waals surface area contributed by atoms with E-state index in [1.54, 1.807) is 0 Å². The maximum Gasteiger partial charge on any atom is 0.0669 e. The monoisotopic (exact) mass is 251 g/mol. The van der Waals surface area contributed by atoms with Crippen LogP contribution in [0.1, 0.15) is 31.4 Å². The largest absolute Gasteiger partial charge is 0.377 e. The first-order valence-electron chi connectivity index (χ1n) is 6.31. The lowest BCUT2D eigenvalue weighted by molar-refractivity contribution is 0.129. The van der Waals surface area contributed by atoms with Crippen LogP contribution in [-0.4, -0.2) is 25.5 Å². The molecule has 94 valence electrons. The molecule has 1 aromatic carbocycles. The maximum absolute atomic E-state index is 5.64. The van der Waals surface area contributed by atoms with Crippen molar-refractivity contribution < 1.29 is 4.74 Å². The van der Waals surface area contributed by atoms with E-state index in [4.69, 9.17) is 4.74 Å². The molecule has 2 nitrogen and oxygen atoms in total. The van der Waals surface area contributed by atoms with E-state index in [-0.39, 0.29) is 0 Å². The minimum Gasteiger partial charge on any atom is -0.377 e. The van der Waals surface area contributed by atoms with Gasteiger partial charge in [0.15, 0.2) is 0 Å². The van der Waals surface area contributed by atoms with E-state index in [0.717, 1.165) is 12.4 Å². The molecule has 1 saturated heterocycles. The van der Waals surface area contributed by atoms with Crippen LogP contribution < -0.4 is 5.32 Å². The second-order valence-corrected chi connectivity index (χ2v) is 5.62. The average Bonchev–Trinajstić information content (AvgIpc) is 2.89. The highest BCUT2D eigenvalue weighted by atomic mass is 32.2. The molecule has 2 unspecified atom stereocenters. The van der Waals surface area contributed by atoms with Crippen molar-refractivity contribution in [3.63, 3.8) is 0 Å². The van der Waals surface area contributed by atoms with Gasteiger partial charge in [-0.3, -0.25) is 0 Å². The fourth-order valence-electron chi connectivity index (χ4n) is 2.01. The Morgan fingerprint density at radius 2 is 2.41 bits per heavy atom. The first-order valence-corrected chi connectivity index (χ1v) is 7.30. The molecule has 0 aromatic heterocycles. The Balaban J connectivity index is 1.91. The summed E-state index contributed by atoms with van der Waals surface area (Å²) in [5, 5.41) is 3.27. The van der Waals surface area contributed by atoms with Crippen LogP contribution in [0.25, 0.3) is 0 Å². The number of thioether (sulfide) groups is 1. The molecule has 0 amide bonds. The van der Waals surface area contributed by atoms with Gasteiger partial charge in [0.25, 0.3) is 0 Å². The minimum absolute atomic E-state index is 0.415. The number of hydrogen-bond donors (Lipinski definition) is 1. The van der Waals surface area contributed by atoms with Crippen LogP contribution in [0.15, 0.2) is 29.2 Å². The summed E-state index contributed by atoms with van der Waals surface area (Å²) in [6.45, 7) is 3.13. The van der Waals surface area contributed by atoms with E-state index >= 15 is 0 Å². The van der Waals surface area contributed by atoms with Crippen LogP contribution in [0.3, 0.4) is 0 Å². The molecule has 17 heavy (non-hydrogen) atoms. The second kappa shape index (κ2) is 6.43. The Morgan fingerprint density at radius 1 is 1.53 bits per heavy atom. The lowest BCUT2D eigenvalue weighted by Crippen LogP contribution is -2.12. The SMILES string of the molecule is CNC(C)c1cccc(SCC2CCCO2)c1. The highest BCUT2D eigenvalue weighted by molar-refractivity contribution is 7.99. The van der Waals surface area contributed by atoms with Crippen LogP contribution in [0.5, 0.6) is 0 Å².